The fraction of sp³-hybridized carbons (Fsp3) is 0.0625. The van der Waals surface area contributed by atoms with Crippen LogP contribution in [0.3, 0.4) is 0 Å². The molecule has 0 N–H and O–H groups in total. The Morgan fingerprint density at radius 2 is 0.562 bits per heavy atom. The SMILES string of the molecule is Cc1cccc(-c2cccc(-c3ccc(-c4cccc(-c5cccc(C)c5)c4)cc3)c2)c1. The molecule has 0 heteroatoms. The summed E-state index contributed by atoms with van der Waals surface area (Å²) in [6, 6.07) is 43.9. The lowest BCUT2D eigenvalue weighted by Gasteiger charge is -2.09. The third-order valence-electron chi connectivity index (χ3n) is 5.98. The molecule has 5 aromatic rings. The summed E-state index contributed by atoms with van der Waals surface area (Å²) < 4.78 is 0. The summed E-state index contributed by atoms with van der Waals surface area (Å²) in [4.78, 5) is 0. The molecule has 5 rings (SSSR count). The van der Waals surface area contributed by atoms with Crippen molar-refractivity contribution in [1.82, 2.24) is 0 Å². The maximum atomic E-state index is 2.28. The minimum absolute atomic E-state index is 1.23. The first-order valence-corrected chi connectivity index (χ1v) is 11.1. The van der Waals surface area contributed by atoms with Crippen LogP contribution in [0, 0.1) is 13.8 Å². The van der Waals surface area contributed by atoms with Crippen LogP contribution in [0.4, 0.5) is 0 Å². The third kappa shape index (κ3) is 4.26. The number of benzene rings is 5. The van der Waals surface area contributed by atoms with Crippen molar-refractivity contribution in [3.05, 3.63) is 132 Å². The second kappa shape index (κ2) is 8.69. The van der Waals surface area contributed by atoms with E-state index in [9.17, 15) is 0 Å². The molecule has 0 radical (unpaired) electrons. The summed E-state index contributed by atoms with van der Waals surface area (Å²) in [5.41, 5.74) is 12.5. The zero-order chi connectivity index (χ0) is 21.9. The smallest absolute Gasteiger partial charge is 0.0178 e. The number of rotatable bonds is 4. The van der Waals surface area contributed by atoms with Crippen molar-refractivity contribution in [1.29, 1.82) is 0 Å². The Balaban J connectivity index is 1.44. The Bertz CT molecular complexity index is 1270. The molecule has 0 aliphatic carbocycles. The van der Waals surface area contributed by atoms with Crippen LogP contribution < -0.4 is 0 Å². The van der Waals surface area contributed by atoms with E-state index in [1.165, 1.54) is 55.6 Å². The van der Waals surface area contributed by atoms with Gasteiger partial charge in [-0.15, -0.1) is 0 Å². The van der Waals surface area contributed by atoms with Crippen LogP contribution in [-0.4, -0.2) is 0 Å². The van der Waals surface area contributed by atoms with E-state index >= 15 is 0 Å². The summed E-state index contributed by atoms with van der Waals surface area (Å²) >= 11 is 0. The summed E-state index contributed by atoms with van der Waals surface area (Å²) in [5.74, 6) is 0. The van der Waals surface area contributed by atoms with Crippen LogP contribution in [-0.2, 0) is 0 Å². The highest BCUT2D eigenvalue weighted by atomic mass is 14.1. The minimum atomic E-state index is 1.23. The molecule has 0 amide bonds. The van der Waals surface area contributed by atoms with E-state index < -0.39 is 0 Å². The van der Waals surface area contributed by atoms with E-state index in [1.54, 1.807) is 0 Å². The molecule has 0 unspecified atom stereocenters. The standard InChI is InChI=1S/C32H26/c1-23-7-3-9-27(19-23)31-13-5-11-29(21-31)25-15-17-26(18-16-25)30-12-6-14-32(22-30)28-10-4-8-24(2)20-28/h3-22H,1-2H3. The van der Waals surface area contributed by atoms with Gasteiger partial charge in [-0.3, -0.25) is 0 Å². The molecule has 0 saturated heterocycles. The van der Waals surface area contributed by atoms with E-state index in [0.29, 0.717) is 0 Å². The molecule has 154 valence electrons. The van der Waals surface area contributed by atoms with Gasteiger partial charge < -0.3 is 0 Å². The van der Waals surface area contributed by atoms with Crippen LogP contribution in [0.1, 0.15) is 11.1 Å². The second-order valence-corrected chi connectivity index (χ2v) is 8.48. The van der Waals surface area contributed by atoms with Gasteiger partial charge in [-0.2, -0.15) is 0 Å². The third-order valence-corrected chi connectivity index (χ3v) is 5.98. The van der Waals surface area contributed by atoms with Gasteiger partial charge >= 0.3 is 0 Å². The van der Waals surface area contributed by atoms with Crippen LogP contribution in [0.2, 0.25) is 0 Å². The van der Waals surface area contributed by atoms with Crippen molar-refractivity contribution in [3.63, 3.8) is 0 Å². The van der Waals surface area contributed by atoms with Crippen molar-refractivity contribution in [3.8, 4) is 44.5 Å². The molecule has 5 aromatic carbocycles. The first-order chi connectivity index (χ1) is 15.7. The van der Waals surface area contributed by atoms with E-state index in [2.05, 4.69) is 135 Å². The number of hydrogen-bond acceptors (Lipinski definition) is 0. The molecule has 0 aromatic heterocycles. The fourth-order valence-corrected chi connectivity index (χ4v) is 4.26. The molecule has 0 saturated carbocycles. The normalized spacial score (nSPS) is 10.8. The lowest BCUT2D eigenvalue weighted by atomic mass is 9.95. The lowest BCUT2D eigenvalue weighted by Crippen LogP contribution is -1.84. The quantitative estimate of drug-likeness (QED) is 0.277. The predicted octanol–water partition coefficient (Wildman–Crippen LogP) is 8.97. The highest BCUT2D eigenvalue weighted by molar-refractivity contribution is 5.77. The van der Waals surface area contributed by atoms with Gasteiger partial charge in [-0.05, 0) is 70.5 Å². The predicted molar refractivity (Wildman–Crippen MR) is 138 cm³/mol. The van der Waals surface area contributed by atoms with Gasteiger partial charge in [0.1, 0.15) is 0 Å². The van der Waals surface area contributed by atoms with E-state index in [-0.39, 0.29) is 0 Å². The van der Waals surface area contributed by atoms with Gasteiger partial charge in [0.15, 0.2) is 0 Å². The topological polar surface area (TPSA) is 0 Å². The van der Waals surface area contributed by atoms with Gasteiger partial charge in [-0.25, -0.2) is 0 Å². The van der Waals surface area contributed by atoms with Crippen LogP contribution >= 0.6 is 0 Å². The molecule has 0 aliphatic heterocycles. The molecule has 32 heavy (non-hydrogen) atoms. The molecule has 0 atom stereocenters. The monoisotopic (exact) mass is 410 g/mol. The van der Waals surface area contributed by atoms with Gasteiger partial charge in [0, 0.05) is 0 Å². The van der Waals surface area contributed by atoms with Crippen LogP contribution in [0.25, 0.3) is 44.5 Å². The first-order valence-electron chi connectivity index (χ1n) is 11.1. The molecule has 0 aliphatic rings. The summed E-state index contributed by atoms with van der Waals surface area (Å²) in [6.45, 7) is 4.28. The van der Waals surface area contributed by atoms with E-state index in [4.69, 9.17) is 0 Å². The van der Waals surface area contributed by atoms with Crippen molar-refractivity contribution < 1.29 is 0 Å². The van der Waals surface area contributed by atoms with Gasteiger partial charge in [-0.1, -0.05) is 120 Å². The molecular weight excluding hydrogens is 384 g/mol. The average molecular weight is 411 g/mol. The molecular formula is C32H26. The summed E-state index contributed by atoms with van der Waals surface area (Å²) in [5, 5.41) is 0. The number of hydrogen-bond donors (Lipinski definition) is 0. The largest absolute Gasteiger partial charge is 0.0614 e. The molecule has 0 nitrogen and oxygen atoms in total. The molecule has 0 spiro atoms. The highest BCUT2D eigenvalue weighted by Gasteiger charge is 2.05. The Kier molecular flexibility index (Phi) is 5.44. The van der Waals surface area contributed by atoms with Crippen LogP contribution in [0.5, 0.6) is 0 Å². The maximum absolute atomic E-state index is 2.28. The Morgan fingerprint density at radius 3 is 0.906 bits per heavy atom. The second-order valence-electron chi connectivity index (χ2n) is 8.48. The Labute approximate surface area is 190 Å². The minimum Gasteiger partial charge on any atom is -0.0614 e. The van der Waals surface area contributed by atoms with E-state index in [0.717, 1.165) is 0 Å². The fourth-order valence-electron chi connectivity index (χ4n) is 4.26. The molecule has 0 bridgehead atoms. The van der Waals surface area contributed by atoms with Crippen molar-refractivity contribution in [2.24, 2.45) is 0 Å². The van der Waals surface area contributed by atoms with Gasteiger partial charge in [0.05, 0.1) is 0 Å². The summed E-state index contributed by atoms with van der Waals surface area (Å²) in [6.07, 6.45) is 0. The number of aryl methyl sites for hydroxylation is 2. The zero-order valence-electron chi connectivity index (χ0n) is 18.5. The van der Waals surface area contributed by atoms with Gasteiger partial charge in [0.2, 0.25) is 0 Å². The van der Waals surface area contributed by atoms with Crippen LogP contribution in [0.15, 0.2) is 121 Å². The maximum Gasteiger partial charge on any atom is -0.0178 e. The van der Waals surface area contributed by atoms with Gasteiger partial charge in [0.25, 0.3) is 0 Å². The lowest BCUT2D eigenvalue weighted by molar-refractivity contribution is 1.46. The van der Waals surface area contributed by atoms with Crippen molar-refractivity contribution in [2.45, 2.75) is 13.8 Å². The highest BCUT2D eigenvalue weighted by Crippen LogP contribution is 2.30. The summed E-state index contributed by atoms with van der Waals surface area (Å²) in [7, 11) is 0. The Hall–Kier alpha value is -3.90. The average Bonchev–Trinajstić information content (AvgIpc) is 2.84. The molecule has 0 heterocycles. The van der Waals surface area contributed by atoms with Crippen molar-refractivity contribution in [2.75, 3.05) is 0 Å². The zero-order valence-corrected chi connectivity index (χ0v) is 18.5. The Morgan fingerprint density at radius 1 is 0.281 bits per heavy atom. The first kappa shape index (κ1) is 20.0. The van der Waals surface area contributed by atoms with E-state index in [1.807, 2.05) is 0 Å². The molecule has 0 fully saturated rings. The van der Waals surface area contributed by atoms with Crippen molar-refractivity contribution >= 4 is 0 Å².